The van der Waals surface area contributed by atoms with Gasteiger partial charge < -0.3 is 4.42 Å². The van der Waals surface area contributed by atoms with Crippen molar-refractivity contribution >= 4 is 21.6 Å². The number of fused-ring (bicyclic) bond motifs is 1. The number of rotatable bonds is 4. The van der Waals surface area contributed by atoms with Crippen LogP contribution in [0.25, 0.3) is 10.9 Å². The highest BCUT2D eigenvalue weighted by Gasteiger charge is 2.05. The average molecular weight is 254 g/mol. The van der Waals surface area contributed by atoms with E-state index in [0.29, 0.717) is 17.4 Å². The first-order chi connectivity index (χ1) is 8.18. The highest BCUT2D eigenvalue weighted by molar-refractivity contribution is 7.72. The summed E-state index contributed by atoms with van der Waals surface area (Å²) >= 11 is 0. The fourth-order valence-corrected chi connectivity index (χ4v) is 1.82. The molecule has 1 aromatic heterocycles. The Morgan fingerprint density at radius 1 is 1.35 bits per heavy atom. The lowest BCUT2D eigenvalue weighted by atomic mass is 10.1. The van der Waals surface area contributed by atoms with Gasteiger partial charge in [-0.3, -0.25) is 5.32 Å². The normalized spacial score (nSPS) is 11.1. The van der Waals surface area contributed by atoms with Crippen molar-refractivity contribution in [3.05, 3.63) is 40.6 Å². The van der Waals surface area contributed by atoms with Crippen molar-refractivity contribution in [3.8, 4) is 0 Å². The summed E-state index contributed by atoms with van der Waals surface area (Å²) in [4.78, 5) is 15.4. The Bertz CT molecular complexity index is 655. The molecule has 0 aliphatic heterocycles. The van der Waals surface area contributed by atoms with Crippen molar-refractivity contribution in [1.29, 1.82) is 0 Å². The molecule has 0 aliphatic carbocycles. The molecular weight excluding hydrogens is 244 g/mol. The molecule has 17 heavy (non-hydrogen) atoms. The van der Waals surface area contributed by atoms with Gasteiger partial charge in [0.1, 0.15) is 0 Å². The fourth-order valence-electron chi connectivity index (χ4n) is 1.52. The second-order valence-corrected chi connectivity index (χ2v) is 4.35. The third-order valence-corrected chi connectivity index (χ3v) is 2.72. The van der Waals surface area contributed by atoms with E-state index in [-0.39, 0.29) is 5.88 Å². The molecule has 0 fully saturated rings. The molecule has 1 heterocycles. The van der Waals surface area contributed by atoms with E-state index < -0.39 is 16.3 Å². The van der Waals surface area contributed by atoms with Gasteiger partial charge in [0.25, 0.3) is 0 Å². The minimum Gasteiger partial charge on any atom is -0.411 e. The Morgan fingerprint density at radius 3 is 2.94 bits per heavy atom. The Labute approximate surface area is 98.2 Å². The second-order valence-electron chi connectivity index (χ2n) is 3.37. The van der Waals surface area contributed by atoms with E-state index in [1.165, 1.54) is 0 Å². The molecule has 6 nitrogen and oxygen atoms in total. The lowest BCUT2D eigenvalue weighted by Gasteiger charge is -2.04. The predicted molar refractivity (Wildman–Crippen MR) is 62.3 cm³/mol. The summed E-state index contributed by atoms with van der Waals surface area (Å²) in [5.74, 6) is -0.104. The molecule has 0 aliphatic rings. The minimum absolute atomic E-state index is 0.104. The van der Waals surface area contributed by atoms with E-state index in [9.17, 15) is 13.2 Å². The van der Waals surface area contributed by atoms with Crippen molar-refractivity contribution in [1.82, 2.24) is 10.3 Å². The zero-order chi connectivity index (χ0) is 12.3. The smallest absolute Gasteiger partial charge is 0.346 e. The highest BCUT2D eigenvalue weighted by Crippen LogP contribution is 2.12. The molecule has 0 unspecified atom stereocenters. The van der Waals surface area contributed by atoms with Crippen LogP contribution in [0.5, 0.6) is 0 Å². The van der Waals surface area contributed by atoms with Crippen LogP contribution in [0, 0.1) is 0 Å². The van der Waals surface area contributed by atoms with E-state index in [1.54, 1.807) is 18.2 Å². The molecule has 7 heteroatoms. The van der Waals surface area contributed by atoms with Crippen molar-refractivity contribution < 1.29 is 12.8 Å². The molecule has 90 valence electrons. The van der Waals surface area contributed by atoms with Gasteiger partial charge in [-0.1, -0.05) is 12.1 Å². The zero-order valence-corrected chi connectivity index (χ0v) is 9.65. The largest absolute Gasteiger partial charge is 0.411 e. The van der Waals surface area contributed by atoms with Crippen LogP contribution in [0.1, 0.15) is 5.56 Å². The van der Waals surface area contributed by atoms with Crippen molar-refractivity contribution in [2.75, 3.05) is 5.88 Å². The van der Waals surface area contributed by atoms with Crippen molar-refractivity contribution in [2.24, 2.45) is 0 Å². The average Bonchev–Trinajstić information content (AvgIpc) is 2.30. The SMILES string of the molecule is O=c1ocnc2c(CNC[SH](=O)=O)cccc12. The van der Waals surface area contributed by atoms with Gasteiger partial charge in [0.05, 0.1) is 16.8 Å². The maximum absolute atomic E-state index is 11.4. The van der Waals surface area contributed by atoms with Gasteiger partial charge in [-0.2, -0.15) is 0 Å². The monoisotopic (exact) mass is 254 g/mol. The van der Waals surface area contributed by atoms with Crippen LogP contribution in [0.15, 0.2) is 33.8 Å². The van der Waals surface area contributed by atoms with E-state index in [4.69, 9.17) is 0 Å². The highest BCUT2D eigenvalue weighted by atomic mass is 32.2. The number of thiol groups is 1. The topological polar surface area (TPSA) is 89.3 Å². The third kappa shape index (κ3) is 2.69. The Morgan fingerprint density at radius 2 is 2.18 bits per heavy atom. The van der Waals surface area contributed by atoms with Crippen LogP contribution in [0.2, 0.25) is 0 Å². The standard InChI is InChI=1S/C10H10N2O4S/c13-10-8-3-1-2-7(4-11-6-17(14)15)9(8)12-5-16-10/h1-3,5,11,17H,4,6H2. The molecule has 2 aromatic rings. The van der Waals surface area contributed by atoms with Crippen LogP contribution in [-0.2, 0) is 17.2 Å². The number of hydrogen-bond donors (Lipinski definition) is 2. The Balaban J connectivity index is 2.34. The number of hydrogen-bond acceptors (Lipinski definition) is 6. The maximum Gasteiger partial charge on any atom is 0.346 e. The summed E-state index contributed by atoms with van der Waals surface area (Å²) in [5.41, 5.74) is 0.830. The minimum atomic E-state index is -2.46. The molecule has 0 radical (unpaired) electrons. The molecule has 0 amide bonds. The number of benzene rings is 1. The zero-order valence-electron chi connectivity index (χ0n) is 8.75. The molecule has 0 saturated heterocycles. The first-order valence-electron chi connectivity index (χ1n) is 4.86. The first-order valence-corrected chi connectivity index (χ1v) is 6.22. The van der Waals surface area contributed by atoms with Gasteiger partial charge in [-0.15, -0.1) is 0 Å². The summed E-state index contributed by atoms with van der Waals surface area (Å²) < 4.78 is 25.5. The summed E-state index contributed by atoms with van der Waals surface area (Å²) in [6.45, 7) is 0.330. The molecule has 0 saturated carbocycles. The Kier molecular flexibility index (Phi) is 3.50. The lowest BCUT2D eigenvalue weighted by molar-refractivity contribution is 0.501. The summed E-state index contributed by atoms with van der Waals surface area (Å²) in [6, 6.07) is 5.10. The van der Waals surface area contributed by atoms with Gasteiger partial charge >= 0.3 is 5.63 Å². The van der Waals surface area contributed by atoms with Gasteiger partial charge in [0.15, 0.2) is 17.1 Å². The fraction of sp³-hybridized carbons (Fsp3) is 0.200. The van der Waals surface area contributed by atoms with E-state index in [2.05, 4.69) is 14.7 Å². The lowest BCUT2D eigenvalue weighted by Crippen LogP contribution is -2.16. The second kappa shape index (κ2) is 5.07. The number of aromatic nitrogens is 1. The maximum atomic E-state index is 11.4. The Hall–Kier alpha value is -1.73. The van der Waals surface area contributed by atoms with Crippen LogP contribution < -0.4 is 10.9 Å². The van der Waals surface area contributed by atoms with E-state index in [0.717, 1.165) is 12.0 Å². The number of nitrogens with zero attached hydrogens (tertiary/aromatic N) is 1. The van der Waals surface area contributed by atoms with E-state index in [1.807, 2.05) is 0 Å². The quantitative estimate of drug-likeness (QED) is 0.737. The van der Waals surface area contributed by atoms with Crippen LogP contribution in [-0.4, -0.2) is 19.3 Å². The molecule has 0 bridgehead atoms. The van der Waals surface area contributed by atoms with Crippen LogP contribution >= 0.6 is 0 Å². The van der Waals surface area contributed by atoms with Gasteiger partial charge in [-0.05, 0) is 11.6 Å². The molecule has 0 atom stereocenters. The van der Waals surface area contributed by atoms with Gasteiger partial charge in [0.2, 0.25) is 0 Å². The summed E-state index contributed by atoms with van der Waals surface area (Å²) in [5, 5.41) is 3.13. The van der Waals surface area contributed by atoms with Gasteiger partial charge in [0, 0.05) is 6.54 Å². The van der Waals surface area contributed by atoms with E-state index >= 15 is 0 Å². The predicted octanol–water partition coefficient (Wildman–Crippen LogP) is -0.154. The van der Waals surface area contributed by atoms with Gasteiger partial charge in [-0.25, -0.2) is 18.2 Å². The molecular formula is C10H10N2O4S. The molecule has 1 N–H and O–H groups in total. The van der Waals surface area contributed by atoms with Crippen molar-refractivity contribution in [2.45, 2.75) is 6.54 Å². The summed E-state index contributed by atoms with van der Waals surface area (Å²) in [7, 11) is -2.46. The molecule has 1 aromatic carbocycles. The van der Waals surface area contributed by atoms with Crippen LogP contribution in [0.4, 0.5) is 0 Å². The molecule has 2 rings (SSSR count). The van der Waals surface area contributed by atoms with Crippen molar-refractivity contribution in [3.63, 3.8) is 0 Å². The summed E-state index contributed by atoms with van der Waals surface area (Å²) in [6.07, 6.45) is 1.09. The molecule has 0 spiro atoms. The number of nitrogens with one attached hydrogen (secondary N) is 1. The third-order valence-electron chi connectivity index (χ3n) is 2.24. The number of para-hydroxylation sites is 1. The first kappa shape index (κ1) is 11.7. The van der Waals surface area contributed by atoms with Crippen LogP contribution in [0.3, 0.4) is 0 Å².